The molecule has 0 aliphatic heterocycles. The molecule has 0 bridgehead atoms. The molecule has 0 radical (unpaired) electrons. The fourth-order valence-electron chi connectivity index (χ4n) is 1.21. The lowest BCUT2D eigenvalue weighted by Crippen LogP contribution is -2.24. The van der Waals surface area contributed by atoms with Crippen molar-refractivity contribution in [3.63, 3.8) is 0 Å². The number of hydrogen-bond donors (Lipinski definition) is 1. The lowest BCUT2D eigenvalue weighted by molar-refractivity contribution is 0.582. The first-order chi connectivity index (χ1) is 6.94. The Labute approximate surface area is 91.6 Å². The molecule has 0 aliphatic rings. The third kappa shape index (κ3) is 3.64. The van der Waals surface area contributed by atoms with Crippen molar-refractivity contribution in [2.24, 2.45) is 0 Å². The average Bonchev–Trinajstić information content (AvgIpc) is 2.20. The van der Waals surface area contributed by atoms with Gasteiger partial charge in [-0.25, -0.2) is 13.1 Å². The quantitative estimate of drug-likeness (QED) is 0.851. The average molecular weight is 227 g/mol. The summed E-state index contributed by atoms with van der Waals surface area (Å²) in [5.41, 5.74) is 3.40. The van der Waals surface area contributed by atoms with Gasteiger partial charge in [-0.3, -0.25) is 0 Å². The molecule has 0 spiro atoms. The fourth-order valence-corrected chi connectivity index (χ4v) is 1.80. The van der Waals surface area contributed by atoms with Gasteiger partial charge in [0.25, 0.3) is 0 Å². The Morgan fingerprint density at radius 3 is 2.40 bits per heavy atom. The smallest absolute Gasteiger partial charge is 0.211 e. The molecule has 1 aromatic carbocycles. The molecule has 3 nitrogen and oxygen atoms in total. The highest BCUT2D eigenvalue weighted by Crippen LogP contribution is 2.09. The minimum Gasteiger partial charge on any atom is -0.212 e. The molecule has 84 valence electrons. The molecule has 4 heteroatoms. The minimum atomic E-state index is -3.09. The normalized spacial score (nSPS) is 11.7. The van der Waals surface area contributed by atoms with Crippen LogP contribution in [0.25, 0.3) is 0 Å². The monoisotopic (exact) mass is 227 g/mol. The van der Waals surface area contributed by atoms with Gasteiger partial charge in [0.1, 0.15) is 0 Å². The summed E-state index contributed by atoms with van der Waals surface area (Å²) in [6.07, 6.45) is 0. The van der Waals surface area contributed by atoms with E-state index in [1.807, 2.05) is 32.0 Å². The van der Waals surface area contributed by atoms with Gasteiger partial charge in [-0.15, -0.1) is 0 Å². The predicted molar refractivity (Wildman–Crippen MR) is 62.2 cm³/mol. The molecule has 1 aromatic rings. The minimum absolute atomic E-state index is 0.123. The Kier molecular flexibility index (Phi) is 3.88. The maximum atomic E-state index is 11.2. The van der Waals surface area contributed by atoms with Gasteiger partial charge >= 0.3 is 0 Å². The van der Waals surface area contributed by atoms with E-state index in [4.69, 9.17) is 0 Å². The van der Waals surface area contributed by atoms with Crippen LogP contribution in [0.4, 0.5) is 0 Å². The summed E-state index contributed by atoms with van der Waals surface area (Å²) < 4.78 is 25.0. The van der Waals surface area contributed by atoms with Crippen LogP contribution in [0.5, 0.6) is 0 Å². The van der Waals surface area contributed by atoms with Crippen molar-refractivity contribution in [1.82, 2.24) is 4.72 Å². The summed E-state index contributed by atoms with van der Waals surface area (Å²) in [7, 11) is -3.09. The summed E-state index contributed by atoms with van der Waals surface area (Å²) in [4.78, 5) is 0. The van der Waals surface area contributed by atoms with Crippen molar-refractivity contribution < 1.29 is 8.42 Å². The molecular weight excluding hydrogens is 210 g/mol. The third-order valence-corrected chi connectivity index (χ3v) is 3.79. The fraction of sp³-hybridized carbons (Fsp3) is 0.455. The van der Waals surface area contributed by atoms with E-state index in [-0.39, 0.29) is 5.75 Å². The van der Waals surface area contributed by atoms with Gasteiger partial charge in [-0.05, 0) is 37.5 Å². The Bertz CT molecular complexity index is 438. The zero-order valence-corrected chi connectivity index (χ0v) is 10.2. The van der Waals surface area contributed by atoms with Crippen LogP contribution in [-0.2, 0) is 16.6 Å². The molecule has 0 amide bonds. The van der Waals surface area contributed by atoms with E-state index in [0.717, 1.165) is 5.56 Å². The van der Waals surface area contributed by atoms with E-state index in [9.17, 15) is 8.42 Å². The molecule has 0 saturated carbocycles. The van der Waals surface area contributed by atoms with Crippen molar-refractivity contribution in [3.05, 3.63) is 34.9 Å². The van der Waals surface area contributed by atoms with Crippen molar-refractivity contribution in [1.29, 1.82) is 0 Å². The second-order valence-electron chi connectivity index (χ2n) is 3.64. The van der Waals surface area contributed by atoms with E-state index < -0.39 is 10.0 Å². The first-order valence-electron chi connectivity index (χ1n) is 4.98. The van der Waals surface area contributed by atoms with Crippen LogP contribution >= 0.6 is 0 Å². The van der Waals surface area contributed by atoms with Gasteiger partial charge in [0, 0.05) is 6.54 Å². The first-order valence-corrected chi connectivity index (χ1v) is 6.63. The van der Waals surface area contributed by atoms with Crippen LogP contribution in [0.2, 0.25) is 0 Å². The lowest BCUT2D eigenvalue weighted by atomic mass is 10.1. The Morgan fingerprint density at radius 1 is 1.20 bits per heavy atom. The molecular formula is C11H17NO2S. The maximum Gasteiger partial charge on any atom is 0.211 e. The summed E-state index contributed by atoms with van der Waals surface area (Å²) in [6.45, 7) is 6.06. The van der Waals surface area contributed by atoms with E-state index in [2.05, 4.69) is 4.72 Å². The third-order valence-electron chi connectivity index (χ3n) is 2.45. The van der Waals surface area contributed by atoms with Crippen molar-refractivity contribution in [2.75, 3.05) is 5.75 Å². The van der Waals surface area contributed by atoms with Crippen LogP contribution < -0.4 is 4.72 Å². The van der Waals surface area contributed by atoms with E-state index in [1.165, 1.54) is 11.1 Å². The lowest BCUT2D eigenvalue weighted by Gasteiger charge is -2.06. The first kappa shape index (κ1) is 12.2. The highest BCUT2D eigenvalue weighted by Gasteiger charge is 2.05. The molecule has 0 heterocycles. The van der Waals surface area contributed by atoms with Crippen molar-refractivity contribution in [2.45, 2.75) is 27.3 Å². The Balaban J connectivity index is 2.71. The highest BCUT2D eigenvalue weighted by atomic mass is 32.2. The molecule has 0 unspecified atom stereocenters. The van der Waals surface area contributed by atoms with Crippen molar-refractivity contribution >= 4 is 10.0 Å². The standard InChI is InChI=1S/C11H17NO2S/c1-4-15(13,14)12-8-11-6-5-9(2)10(3)7-11/h5-7,12H,4,8H2,1-3H3. The highest BCUT2D eigenvalue weighted by molar-refractivity contribution is 7.89. The van der Waals surface area contributed by atoms with Crippen LogP contribution in [0.15, 0.2) is 18.2 Å². The molecule has 0 atom stereocenters. The summed E-state index contributed by atoms with van der Waals surface area (Å²) in [5, 5.41) is 0. The zero-order chi connectivity index (χ0) is 11.5. The maximum absolute atomic E-state index is 11.2. The Hall–Kier alpha value is -0.870. The van der Waals surface area contributed by atoms with Crippen molar-refractivity contribution in [3.8, 4) is 0 Å². The molecule has 1 rings (SSSR count). The van der Waals surface area contributed by atoms with Gasteiger partial charge in [0.05, 0.1) is 5.75 Å². The SMILES string of the molecule is CCS(=O)(=O)NCc1ccc(C)c(C)c1. The Morgan fingerprint density at radius 2 is 1.87 bits per heavy atom. The van der Waals surface area contributed by atoms with Gasteiger partial charge in [-0.2, -0.15) is 0 Å². The summed E-state index contributed by atoms with van der Waals surface area (Å²) in [5.74, 6) is 0.123. The largest absolute Gasteiger partial charge is 0.212 e. The molecule has 0 aliphatic carbocycles. The van der Waals surface area contributed by atoms with Crippen LogP contribution in [0.1, 0.15) is 23.6 Å². The number of benzene rings is 1. The molecule has 0 saturated heterocycles. The van der Waals surface area contributed by atoms with Gasteiger partial charge in [0.2, 0.25) is 10.0 Å². The van der Waals surface area contributed by atoms with Gasteiger partial charge in [-0.1, -0.05) is 18.2 Å². The van der Waals surface area contributed by atoms with Gasteiger partial charge in [0.15, 0.2) is 0 Å². The molecule has 0 fully saturated rings. The van der Waals surface area contributed by atoms with E-state index in [0.29, 0.717) is 6.54 Å². The van der Waals surface area contributed by atoms with Crippen LogP contribution in [0.3, 0.4) is 0 Å². The summed E-state index contributed by atoms with van der Waals surface area (Å²) in [6, 6.07) is 5.96. The molecule has 1 N–H and O–H groups in total. The number of rotatable bonds is 4. The molecule has 0 aromatic heterocycles. The number of sulfonamides is 1. The van der Waals surface area contributed by atoms with E-state index in [1.54, 1.807) is 6.92 Å². The predicted octanol–water partition coefficient (Wildman–Crippen LogP) is 1.74. The number of aryl methyl sites for hydroxylation is 2. The van der Waals surface area contributed by atoms with E-state index >= 15 is 0 Å². The van der Waals surface area contributed by atoms with Crippen LogP contribution in [-0.4, -0.2) is 14.2 Å². The topological polar surface area (TPSA) is 46.2 Å². The second kappa shape index (κ2) is 4.77. The second-order valence-corrected chi connectivity index (χ2v) is 5.74. The molecule has 15 heavy (non-hydrogen) atoms. The number of hydrogen-bond acceptors (Lipinski definition) is 2. The number of nitrogens with one attached hydrogen (secondary N) is 1. The van der Waals surface area contributed by atoms with Gasteiger partial charge < -0.3 is 0 Å². The summed E-state index contributed by atoms with van der Waals surface area (Å²) >= 11 is 0. The zero-order valence-electron chi connectivity index (χ0n) is 9.37. The van der Waals surface area contributed by atoms with Crippen LogP contribution in [0, 0.1) is 13.8 Å².